The second-order valence-electron chi connectivity index (χ2n) is 11.0. The molecule has 0 aromatic heterocycles. The van der Waals surface area contributed by atoms with Gasteiger partial charge >= 0.3 is 6.09 Å². The molecule has 3 rings (SSSR count). The molecule has 3 fully saturated rings. The number of rotatable bonds is 4. The molecule has 3 heterocycles. The Morgan fingerprint density at radius 2 is 1.32 bits per heavy atom. The van der Waals surface area contributed by atoms with Crippen LogP contribution in [0.3, 0.4) is 0 Å². The number of piperidine rings is 3. The number of ether oxygens (including phenoxy) is 1. The molecule has 0 bridgehead atoms. The second kappa shape index (κ2) is 10.1. The van der Waals surface area contributed by atoms with E-state index in [1.807, 2.05) is 32.6 Å². The first-order valence-corrected chi connectivity index (χ1v) is 12.3. The van der Waals surface area contributed by atoms with Crippen molar-refractivity contribution in [3.05, 3.63) is 0 Å². The largest absolute Gasteiger partial charge is 0.444 e. The first-order chi connectivity index (χ1) is 14.6. The number of alkyl carbamates (subject to hydrolysis) is 1. The molecule has 0 aromatic rings. The van der Waals surface area contributed by atoms with Crippen molar-refractivity contribution < 1.29 is 14.3 Å². The highest BCUT2D eigenvalue weighted by Crippen LogP contribution is 2.33. The van der Waals surface area contributed by atoms with Crippen LogP contribution in [0.2, 0.25) is 0 Å². The lowest BCUT2D eigenvalue weighted by molar-refractivity contribution is -0.148. The molecule has 2 amide bonds. The van der Waals surface area contributed by atoms with Crippen molar-refractivity contribution in [1.29, 1.82) is 0 Å². The van der Waals surface area contributed by atoms with Crippen LogP contribution in [-0.2, 0) is 9.53 Å². The fourth-order valence-electron chi connectivity index (χ4n) is 5.49. The Morgan fingerprint density at radius 1 is 0.806 bits per heavy atom. The minimum Gasteiger partial charge on any atom is -0.444 e. The van der Waals surface area contributed by atoms with Gasteiger partial charge in [0.25, 0.3) is 5.91 Å². The summed E-state index contributed by atoms with van der Waals surface area (Å²) in [5.41, 5.74) is -1.65. The van der Waals surface area contributed by atoms with Gasteiger partial charge in [0.1, 0.15) is 5.60 Å². The SMILES string of the molecule is CN1CCC(C2CCN(C(=O)[C@](C)(NC(=O)OC(C)(C)C)N3CCCCC3)CC2)CC1. The zero-order valence-corrected chi connectivity index (χ0v) is 20.4. The normalized spacial score (nSPS) is 25.1. The lowest BCUT2D eigenvalue weighted by Gasteiger charge is -2.46. The second-order valence-corrected chi connectivity index (χ2v) is 11.0. The van der Waals surface area contributed by atoms with Crippen molar-refractivity contribution in [2.45, 2.75) is 83.9 Å². The van der Waals surface area contributed by atoms with Crippen LogP contribution in [0.1, 0.15) is 72.6 Å². The van der Waals surface area contributed by atoms with Gasteiger partial charge in [0, 0.05) is 26.2 Å². The van der Waals surface area contributed by atoms with Crippen LogP contribution in [-0.4, -0.2) is 84.3 Å². The highest BCUT2D eigenvalue weighted by Gasteiger charge is 2.45. The average molecular weight is 437 g/mol. The highest BCUT2D eigenvalue weighted by molar-refractivity contribution is 5.89. The number of carbonyl (C=O) groups is 2. The maximum absolute atomic E-state index is 13.8. The van der Waals surface area contributed by atoms with Gasteiger partial charge in [0.05, 0.1) is 0 Å². The summed E-state index contributed by atoms with van der Waals surface area (Å²) in [6, 6.07) is 0. The lowest BCUT2D eigenvalue weighted by Crippen LogP contribution is -2.68. The zero-order valence-electron chi connectivity index (χ0n) is 20.4. The van der Waals surface area contributed by atoms with Gasteiger partial charge < -0.3 is 14.5 Å². The molecule has 3 aliphatic heterocycles. The standard InChI is InChI=1S/C24H44N4O3/c1-23(2,3)31-22(30)25-24(4,28-13-7-6-8-14-28)21(29)27-17-11-20(12-18-27)19-9-15-26(5)16-10-19/h19-20H,6-18H2,1-5H3,(H,25,30)/t24-/m1/s1. The third-order valence-corrected chi connectivity index (χ3v) is 7.41. The van der Waals surface area contributed by atoms with E-state index in [0.717, 1.165) is 63.7 Å². The van der Waals surface area contributed by atoms with Crippen LogP contribution >= 0.6 is 0 Å². The number of likely N-dealkylation sites (tertiary alicyclic amines) is 3. The molecule has 3 aliphatic rings. The Balaban J connectivity index is 1.64. The molecule has 0 saturated carbocycles. The first-order valence-electron chi connectivity index (χ1n) is 12.3. The summed E-state index contributed by atoms with van der Waals surface area (Å²) in [6.07, 6.45) is 7.46. The molecule has 31 heavy (non-hydrogen) atoms. The summed E-state index contributed by atoms with van der Waals surface area (Å²) in [7, 11) is 2.20. The van der Waals surface area contributed by atoms with Gasteiger partial charge in [-0.05, 0) is 98.2 Å². The molecule has 1 atom stereocenters. The molecule has 0 aromatic carbocycles. The van der Waals surface area contributed by atoms with Crippen molar-refractivity contribution in [1.82, 2.24) is 20.0 Å². The predicted octanol–water partition coefficient (Wildman–Crippen LogP) is 3.29. The van der Waals surface area contributed by atoms with Crippen LogP contribution < -0.4 is 5.32 Å². The Labute approximate surface area is 188 Å². The van der Waals surface area contributed by atoms with E-state index in [9.17, 15) is 9.59 Å². The lowest BCUT2D eigenvalue weighted by atomic mass is 9.78. The zero-order chi connectivity index (χ0) is 22.6. The minimum atomic E-state index is -1.05. The number of carbonyl (C=O) groups excluding carboxylic acids is 2. The van der Waals surface area contributed by atoms with Gasteiger partial charge in [-0.1, -0.05) is 6.42 Å². The van der Waals surface area contributed by atoms with E-state index < -0.39 is 17.4 Å². The van der Waals surface area contributed by atoms with Gasteiger partial charge in [-0.25, -0.2) is 4.79 Å². The summed E-state index contributed by atoms with van der Waals surface area (Å²) in [5.74, 6) is 1.53. The monoisotopic (exact) mass is 436 g/mol. The molecule has 0 aliphatic carbocycles. The Bertz CT molecular complexity index is 613. The summed E-state index contributed by atoms with van der Waals surface area (Å²) < 4.78 is 5.52. The molecule has 1 N–H and O–H groups in total. The van der Waals surface area contributed by atoms with Gasteiger partial charge in [0.15, 0.2) is 5.66 Å². The first kappa shape index (κ1) is 24.3. The molecule has 0 unspecified atom stereocenters. The molecule has 7 nitrogen and oxygen atoms in total. The van der Waals surface area contributed by atoms with E-state index in [4.69, 9.17) is 4.74 Å². The van der Waals surface area contributed by atoms with Crippen molar-refractivity contribution in [3.63, 3.8) is 0 Å². The average Bonchev–Trinajstić information content (AvgIpc) is 2.73. The Kier molecular flexibility index (Phi) is 7.90. The van der Waals surface area contributed by atoms with Gasteiger partial charge in [-0.15, -0.1) is 0 Å². The summed E-state index contributed by atoms with van der Waals surface area (Å²) in [4.78, 5) is 33.0. The Morgan fingerprint density at radius 3 is 1.84 bits per heavy atom. The van der Waals surface area contributed by atoms with Crippen LogP contribution in [0.5, 0.6) is 0 Å². The number of hydrogen-bond donors (Lipinski definition) is 1. The number of nitrogens with zero attached hydrogens (tertiary/aromatic N) is 3. The van der Waals surface area contributed by atoms with Gasteiger partial charge in [0.2, 0.25) is 0 Å². The van der Waals surface area contributed by atoms with Crippen LogP contribution in [0.25, 0.3) is 0 Å². The smallest absolute Gasteiger partial charge is 0.409 e. The van der Waals surface area contributed by atoms with E-state index >= 15 is 0 Å². The molecule has 0 radical (unpaired) electrons. The van der Waals surface area contributed by atoms with Crippen LogP contribution in [0, 0.1) is 11.8 Å². The summed E-state index contributed by atoms with van der Waals surface area (Å²) >= 11 is 0. The van der Waals surface area contributed by atoms with Crippen molar-refractivity contribution in [3.8, 4) is 0 Å². The van der Waals surface area contributed by atoms with Crippen LogP contribution in [0.4, 0.5) is 4.79 Å². The number of hydrogen-bond acceptors (Lipinski definition) is 5. The van der Waals surface area contributed by atoms with Gasteiger partial charge in [-0.3, -0.25) is 15.0 Å². The van der Waals surface area contributed by atoms with Crippen molar-refractivity contribution >= 4 is 12.0 Å². The topological polar surface area (TPSA) is 65.1 Å². The fraction of sp³-hybridized carbons (Fsp3) is 0.917. The number of nitrogens with one attached hydrogen (secondary N) is 1. The van der Waals surface area contributed by atoms with E-state index in [0.29, 0.717) is 0 Å². The Hall–Kier alpha value is -1.34. The van der Waals surface area contributed by atoms with E-state index in [2.05, 4.69) is 22.2 Å². The quantitative estimate of drug-likeness (QED) is 0.733. The third-order valence-electron chi connectivity index (χ3n) is 7.41. The number of amides is 2. The molecular formula is C24H44N4O3. The predicted molar refractivity (Wildman–Crippen MR) is 123 cm³/mol. The van der Waals surface area contributed by atoms with E-state index in [1.165, 1.54) is 32.4 Å². The maximum Gasteiger partial charge on any atom is 0.409 e. The fourth-order valence-corrected chi connectivity index (χ4v) is 5.49. The summed E-state index contributed by atoms with van der Waals surface area (Å²) in [6.45, 7) is 13.0. The molecule has 178 valence electrons. The molecular weight excluding hydrogens is 392 g/mol. The van der Waals surface area contributed by atoms with Gasteiger partial charge in [-0.2, -0.15) is 0 Å². The molecule has 7 heteroatoms. The van der Waals surface area contributed by atoms with Crippen molar-refractivity contribution in [2.75, 3.05) is 46.3 Å². The maximum atomic E-state index is 13.8. The summed E-state index contributed by atoms with van der Waals surface area (Å²) in [5, 5.41) is 2.96. The van der Waals surface area contributed by atoms with Crippen molar-refractivity contribution in [2.24, 2.45) is 11.8 Å². The molecule has 3 saturated heterocycles. The third kappa shape index (κ3) is 6.35. The minimum absolute atomic E-state index is 0.0158. The molecule has 0 spiro atoms. The highest BCUT2D eigenvalue weighted by atomic mass is 16.6. The van der Waals surface area contributed by atoms with E-state index in [1.54, 1.807) is 0 Å². The van der Waals surface area contributed by atoms with Crippen LogP contribution in [0.15, 0.2) is 0 Å². The van der Waals surface area contributed by atoms with E-state index in [-0.39, 0.29) is 5.91 Å².